The van der Waals surface area contributed by atoms with E-state index >= 15 is 0 Å². The molecule has 6 aromatic carbocycles. The lowest BCUT2D eigenvalue weighted by Crippen LogP contribution is -2.54. The maximum atomic E-state index is 13.8. The summed E-state index contributed by atoms with van der Waals surface area (Å²) >= 11 is 0. The van der Waals surface area contributed by atoms with E-state index in [-0.39, 0.29) is 5.41 Å². The molecule has 50 heavy (non-hydrogen) atoms. The lowest BCUT2D eigenvalue weighted by atomic mass is 9.67. The van der Waals surface area contributed by atoms with Crippen molar-refractivity contribution in [3.63, 3.8) is 0 Å². The zero-order valence-corrected chi connectivity index (χ0v) is 28.1. The Morgan fingerprint density at radius 2 is 0.800 bits per heavy atom. The van der Waals surface area contributed by atoms with Crippen LogP contribution in [0.2, 0.25) is 0 Å². The molecule has 0 nitrogen and oxygen atoms in total. The number of alkyl halides is 6. The highest BCUT2D eigenvalue weighted by Gasteiger charge is 2.72. The third-order valence-corrected chi connectivity index (χ3v) is 9.64. The first-order valence-corrected chi connectivity index (χ1v) is 16.3. The highest BCUT2D eigenvalue weighted by Crippen LogP contribution is 2.57. The minimum Gasteiger partial charge on any atom is -0.169 e. The Morgan fingerprint density at radius 1 is 0.380 bits per heavy atom. The third kappa shape index (κ3) is 5.70. The summed E-state index contributed by atoms with van der Waals surface area (Å²) in [4.78, 5) is 0. The summed E-state index contributed by atoms with van der Waals surface area (Å²) in [6.07, 6.45) is -11.1. The number of fused-ring (bicyclic) bond motifs is 3. The Morgan fingerprint density at radius 3 is 1.22 bits per heavy atom. The first kappa shape index (κ1) is 34.8. The van der Waals surface area contributed by atoms with Crippen molar-refractivity contribution < 1.29 is 26.3 Å². The molecule has 0 heterocycles. The van der Waals surface area contributed by atoms with Gasteiger partial charge >= 0.3 is 12.4 Å². The number of aryl methyl sites for hydroxylation is 4. The van der Waals surface area contributed by atoms with E-state index in [0.717, 1.165) is 24.3 Å². The smallest absolute Gasteiger partial charge is 0.169 e. The van der Waals surface area contributed by atoms with Gasteiger partial charge in [-0.15, -0.1) is 0 Å². The molecule has 0 aromatic heterocycles. The second kappa shape index (κ2) is 13.0. The van der Waals surface area contributed by atoms with E-state index in [1.807, 2.05) is 0 Å². The zero-order valence-electron chi connectivity index (χ0n) is 28.1. The molecular formula is C44H36F6. The van der Waals surface area contributed by atoms with Crippen LogP contribution in [0, 0.1) is 27.7 Å². The maximum Gasteiger partial charge on any atom is 0.411 e. The molecule has 1 aliphatic rings. The van der Waals surface area contributed by atoms with E-state index in [4.69, 9.17) is 0 Å². The summed E-state index contributed by atoms with van der Waals surface area (Å²) in [5.41, 5.74) is 5.35. The minimum atomic E-state index is -5.53. The fourth-order valence-electron chi connectivity index (χ4n) is 7.44. The topological polar surface area (TPSA) is 0 Å². The fraction of sp³-hybridized carbons (Fsp3) is 0.182. The number of hydrogen-bond donors (Lipinski definition) is 0. The van der Waals surface area contributed by atoms with Crippen molar-refractivity contribution in [2.24, 2.45) is 0 Å². The van der Waals surface area contributed by atoms with Crippen LogP contribution in [-0.4, -0.2) is 12.4 Å². The van der Waals surface area contributed by atoms with Gasteiger partial charge in [-0.3, -0.25) is 0 Å². The van der Waals surface area contributed by atoms with E-state index in [0.29, 0.717) is 11.1 Å². The van der Waals surface area contributed by atoms with E-state index in [9.17, 15) is 26.3 Å². The van der Waals surface area contributed by atoms with Gasteiger partial charge in [-0.05, 0) is 72.2 Å². The lowest BCUT2D eigenvalue weighted by Gasteiger charge is -2.38. The molecule has 0 bridgehead atoms. The summed E-state index contributed by atoms with van der Waals surface area (Å²) in [6.45, 7) is 7.24. The van der Waals surface area contributed by atoms with Crippen LogP contribution in [0.4, 0.5) is 26.3 Å². The molecule has 6 aromatic rings. The van der Waals surface area contributed by atoms with Crippen LogP contribution in [0.15, 0.2) is 146 Å². The van der Waals surface area contributed by atoms with Crippen LogP contribution in [0.25, 0.3) is 11.1 Å². The van der Waals surface area contributed by atoms with Crippen molar-refractivity contribution in [1.82, 2.24) is 0 Å². The predicted molar refractivity (Wildman–Crippen MR) is 188 cm³/mol. The standard InChI is InChI=1S/C27H22.C17H14F6/c1-19-14-16-21(17-15-19)27(22-9-7-8-20(2)18-22)25-12-5-3-10-23(25)24-11-4-6-13-26(24)27;1-11-5-3-7-13(9-11)15(16(18,19)20,17(21,22)23)14-8-4-6-12(2)10-14/h3-18H,1-2H3;3-10H,1-2H3. The highest BCUT2D eigenvalue weighted by atomic mass is 19.4. The fourth-order valence-corrected chi connectivity index (χ4v) is 7.44. The van der Waals surface area contributed by atoms with Crippen molar-refractivity contribution >= 4 is 0 Å². The van der Waals surface area contributed by atoms with Crippen molar-refractivity contribution in [2.45, 2.75) is 50.9 Å². The lowest BCUT2D eigenvalue weighted by molar-refractivity contribution is -0.288. The molecule has 6 heteroatoms. The van der Waals surface area contributed by atoms with Crippen molar-refractivity contribution in [3.05, 3.63) is 201 Å². The monoisotopic (exact) mass is 678 g/mol. The molecule has 0 N–H and O–H groups in total. The molecule has 0 atom stereocenters. The number of benzene rings is 6. The first-order valence-electron chi connectivity index (χ1n) is 16.3. The molecule has 0 radical (unpaired) electrons. The van der Waals surface area contributed by atoms with Crippen LogP contribution >= 0.6 is 0 Å². The second-order valence-electron chi connectivity index (χ2n) is 13.1. The number of halogens is 6. The summed E-state index contributed by atoms with van der Waals surface area (Å²) in [5, 5.41) is 0. The molecule has 0 fully saturated rings. The quantitative estimate of drug-likeness (QED) is 0.163. The molecule has 0 saturated carbocycles. The van der Waals surface area contributed by atoms with E-state index in [1.165, 1.54) is 82.6 Å². The second-order valence-corrected chi connectivity index (χ2v) is 13.1. The molecule has 1 aliphatic carbocycles. The Bertz CT molecular complexity index is 2030. The number of hydrogen-bond acceptors (Lipinski definition) is 0. The van der Waals surface area contributed by atoms with Gasteiger partial charge in [-0.1, -0.05) is 168 Å². The Labute approximate surface area is 289 Å². The minimum absolute atomic E-state index is 0.271. The van der Waals surface area contributed by atoms with Crippen LogP contribution in [-0.2, 0) is 10.8 Å². The Kier molecular flexibility index (Phi) is 9.02. The largest absolute Gasteiger partial charge is 0.411 e. The van der Waals surface area contributed by atoms with Gasteiger partial charge in [0.15, 0.2) is 0 Å². The first-order chi connectivity index (χ1) is 23.7. The van der Waals surface area contributed by atoms with Crippen molar-refractivity contribution in [1.29, 1.82) is 0 Å². The van der Waals surface area contributed by atoms with E-state index in [2.05, 4.69) is 111 Å². The average molecular weight is 679 g/mol. The zero-order chi connectivity index (χ0) is 35.9. The third-order valence-electron chi connectivity index (χ3n) is 9.64. The highest BCUT2D eigenvalue weighted by molar-refractivity contribution is 5.86. The molecule has 0 amide bonds. The SMILES string of the molecule is Cc1ccc(C2(c3cccc(C)c3)c3ccccc3-c3ccccc32)cc1.Cc1cccc(C(c2cccc(C)c2)(C(F)(F)F)C(F)(F)F)c1. The molecule has 0 saturated heterocycles. The molecule has 0 unspecified atom stereocenters. The van der Waals surface area contributed by atoms with Crippen LogP contribution in [0.3, 0.4) is 0 Å². The molecule has 0 aliphatic heterocycles. The van der Waals surface area contributed by atoms with Crippen LogP contribution in [0.5, 0.6) is 0 Å². The van der Waals surface area contributed by atoms with Gasteiger partial charge < -0.3 is 0 Å². The van der Waals surface area contributed by atoms with E-state index in [1.54, 1.807) is 0 Å². The van der Waals surface area contributed by atoms with Gasteiger partial charge in [0.2, 0.25) is 5.41 Å². The van der Waals surface area contributed by atoms with Crippen LogP contribution in [0.1, 0.15) is 55.6 Å². The van der Waals surface area contributed by atoms with E-state index < -0.39 is 28.9 Å². The Balaban J connectivity index is 0.000000176. The van der Waals surface area contributed by atoms with Gasteiger partial charge in [0, 0.05) is 0 Å². The van der Waals surface area contributed by atoms with Gasteiger partial charge in [-0.25, -0.2) is 0 Å². The normalized spacial score (nSPS) is 13.6. The molecular weight excluding hydrogens is 642 g/mol. The average Bonchev–Trinajstić information content (AvgIpc) is 3.36. The summed E-state index contributed by atoms with van der Waals surface area (Å²) < 4.78 is 82.7. The van der Waals surface area contributed by atoms with Gasteiger partial charge in [0.1, 0.15) is 0 Å². The number of rotatable bonds is 4. The van der Waals surface area contributed by atoms with Gasteiger partial charge in [0.05, 0.1) is 5.41 Å². The summed E-state index contributed by atoms with van der Waals surface area (Å²) in [6, 6.07) is 44.8. The molecule has 254 valence electrons. The van der Waals surface area contributed by atoms with Gasteiger partial charge in [0.25, 0.3) is 0 Å². The Hall–Kier alpha value is -5.10. The van der Waals surface area contributed by atoms with Crippen molar-refractivity contribution in [3.8, 4) is 11.1 Å². The van der Waals surface area contributed by atoms with Gasteiger partial charge in [-0.2, -0.15) is 26.3 Å². The summed E-state index contributed by atoms with van der Waals surface area (Å²) in [7, 11) is 0. The predicted octanol–water partition coefficient (Wildman–Crippen LogP) is 12.4. The van der Waals surface area contributed by atoms with Crippen LogP contribution < -0.4 is 0 Å². The summed E-state index contributed by atoms with van der Waals surface area (Å²) in [5.74, 6) is 0. The molecule has 7 rings (SSSR count). The molecule has 0 spiro atoms. The maximum absolute atomic E-state index is 13.8. The van der Waals surface area contributed by atoms with Crippen molar-refractivity contribution in [2.75, 3.05) is 0 Å².